The van der Waals surface area contributed by atoms with Crippen LogP contribution in [0.5, 0.6) is 11.5 Å². The molecule has 1 aromatic heterocycles. The van der Waals surface area contributed by atoms with Gasteiger partial charge in [-0.3, -0.25) is 0 Å². The minimum absolute atomic E-state index is 0.110. The summed E-state index contributed by atoms with van der Waals surface area (Å²) in [6, 6.07) is 15.1. The van der Waals surface area contributed by atoms with E-state index in [-0.39, 0.29) is 13.2 Å². The molecule has 2 aromatic carbocycles. The molecule has 1 aliphatic heterocycles. The largest absolute Gasteiger partial charge is 0.497 e. The number of carbonyl (C=O) groups is 1. The Morgan fingerprint density at radius 1 is 1.21 bits per heavy atom. The number of para-hydroxylation sites is 1. The average molecular weight is 394 g/mol. The predicted octanol–water partition coefficient (Wildman–Crippen LogP) is 4.41. The predicted molar refractivity (Wildman–Crippen MR) is 108 cm³/mol. The zero-order chi connectivity index (χ0) is 19.3. The second-order valence-corrected chi connectivity index (χ2v) is 6.93. The van der Waals surface area contributed by atoms with Gasteiger partial charge in [0.25, 0.3) is 0 Å². The molecule has 0 saturated heterocycles. The second kappa shape index (κ2) is 8.14. The molecule has 0 saturated carbocycles. The number of fused-ring (bicyclic) bond motifs is 1. The van der Waals surface area contributed by atoms with Gasteiger partial charge in [0.05, 0.1) is 18.4 Å². The van der Waals surface area contributed by atoms with Gasteiger partial charge in [-0.15, -0.1) is 11.3 Å². The first-order valence-electron chi connectivity index (χ1n) is 8.66. The maximum absolute atomic E-state index is 12.3. The molecule has 0 radical (unpaired) electrons. The molecule has 0 fully saturated rings. The van der Waals surface area contributed by atoms with E-state index < -0.39 is 5.97 Å². The molecule has 28 heavy (non-hydrogen) atoms. The van der Waals surface area contributed by atoms with E-state index in [9.17, 15) is 4.79 Å². The first-order chi connectivity index (χ1) is 13.7. The number of rotatable bonds is 6. The Labute approximate surface area is 166 Å². The van der Waals surface area contributed by atoms with Gasteiger partial charge in [-0.2, -0.15) is 0 Å². The molecule has 142 valence electrons. The molecule has 0 bridgehead atoms. The van der Waals surface area contributed by atoms with Crippen molar-refractivity contribution in [2.24, 2.45) is 0 Å². The summed E-state index contributed by atoms with van der Waals surface area (Å²) < 4.78 is 16.1. The number of carbonyl (C=O) groups excluding carboxylic acids is 1. The number of nitrogens with one attached hydrogen (secondary N) is 1. The summed E-state index contributed by atoms with van der Waals surface area (Å²) in [6.07, 6.45) is 1.80. The Balaban J connectivity index is 1.34. The van der Waals surface area contributed by atoms with E-state index in [1.54, 1.807) is 13.2 Å². The van der Waals surface area contributed by atoms with E-state index in [4.69, 9.17) is 14.2 Å². The van der Waals surface area contributed by atoms with Crippen LogP contribution in [0.4, 0.5) is 10.8 Å². The number of benzene rings is 2. The lowest BCUT2D eigenvalue weighted by molar-refractivity contribution is -0.140. The molecule has 6 nitrogen and oxygen atoms in total. The molecular weight excluding hydrogens is 376 g/mol. The number of thiazole rings is 1. The van der Waals surface area contributed by atoms with Crippen LogP contribution in [0.15, 0.2) is 59.5 Å². The average Bonchev–Trinajstić information content (AvgIpc) is 3.19. The SMILES string of the molecule is COc1ccc(Nc2nc(COC(=O)C3=Cc4ccccc4OC3)cs2)cc1. The normalized spacial score (nSPS) is 12.4. The van der Waals surface area contributed by atoms with Gasteiger partial charge in [-0.1, -0.05) is 18.2 Å². The Kier molecular flexibility index (Phi) is 5.25. The highest BCUT2D eigenvalue weighted by Gasteiger charge is 2.18. The van der Waals surface area contributed by atoms with Crippen LogP contribution in [0.2, 0.25) is 0 Å². The van der Waals surface area contributed by atoms with Gasteiger partial charge in [0.2, 0.25) is 0 Å². The molecule has 0 atom stereocenters. The third-order valence-electron chi connectivity index (χ3n) is 4.14. The van der Waals surface area contributed by atoms with Crippen molar-refractivity contribution in [2.45, 2.75) is 6.61 Å². The zero-order valence-electron chi connectivity index (χ0n) is 15.2. The molecule has 1 N–H and O–H groups in total. The van der Waals surface area contributed by atoms with Gasteiger partial charge < -0.3 is 19.5 Å². The molecule has 1 aliphatic rings. The van der Waals surface area contributed by atoms with Crippen molar-refractivity contribution in [2.75, 3.05) is 19.0 Å². The molecule has 0 unspecified atom stereocenters. The Morgan fingerprint density at radius 3 is 2.86 bits per heavy atom. The number of hydrogen-bond donors (Lipinski definition) is 1. The highest BCUT2D eigenvalue weighted by molar-refractivity contribution is 7.13. The molecule has 3 aromatic rings. The minimum atomic E-state index is -0.396. The lowest BCUT2D eigenvalue weighted by Gasteiger charge is -2.16. The molecule has 0 spiro atoms. The zero-order valence-corrected chi connectivity index (χ0v) is 16.0. The van der Waals surface area contributed by atoms with Crippen molar-refractivity contribution >= 4 is 34.2 Å². The fraction of sp³-hybridized carbons (Fsp3) is 0.143. The summed E-state index contributed by atoms with van der Waals surface area (Å²) in [5.41, 5.74) is 2.96. The van der Waals surface area contributed by atoms with E-state index in [0.717, 1.165) is 27.9 Å². The van der Waals surface area contributed by atoms with Gasteiger partial charge in [0.15, 0.2) is 5.13 Å². The number of esters is 1. The Hall–Kier alpha value is -3.32. The number of ether oxygens (including phenoxy) is 3. The molecule has 0 aliphatic carbocycles. The molecule has 0 amide bonds. The van der Waals surface area contributed by atoms with E-state index >= 15 is 0 Å². The molecule has 4 rings (SSSR count). The van der Waals surface area contributed by atoms with Crippen LogP contribution in [-0.4, -0.2) is 24.7 Å². The topological polar surface area (TPSA) is 69.7 Å². The summed E-state index contributed by atoms with van der Waals surface area (Å²) in [5.74, 6) is 1.17. The number of methoxy groups -OCH3 is 1. The summed E-state index contributed by atoms with van der Waals surface area (Å²) in [4.78, 5) is 16.8. The number of hydrogen-bond acceptors (Lipinski definition) is 7. The van der Waals surface area contributed by atoms with Crippen LogP contribution in [0, 0.1) is 0 Å². The lowest BCUT2D eigenvalue weighted by atomic mass is 10.1. The minimum Gasteiger partial charge on any atom is -0.497 e. The van der Waals surface area contributed by atoms with Crippen LogP contribution in [0.1, 0.15) is 11.3 Å². The lowest BCUT2D eigenvalue weighted by Crippen LogP contribution is -2.17. The van der Waals surface area contributed by atoms with Gasteiger partial charge in [0, 0.05) is 16.6 Å². The van der Waals surface area contributed by atoms with E-state index in [1.165, 1.54) is 11.3 Å². The molecule has 2 heterocycles. The van der Waals surface area contributed by atoms with Gasteiger partial charge in [-0.25, -0.2) is 9.78 Å². The van der Waals surface area contributed by atoms with Crippen molar-refractivity contribution < 1.29 is 19.0 Å². The third kappa shape index (κ3) is 4.15. The van der Waals surface area contributed by atoms with Crippen LogP contribution >= 0.6 is 11.3 Å². The van der Waals surface area contributed by atoms with Crippen LogP contribution in [0.25, 0.3) is 6.08 Å². The third-order valence-corrected chi connectivity index (χ3v) is 4.94. The van der Waals surface area contributed by atoms with Crippen molar-refractivity contribution in [3.63, 3.8) is 0 Å². The van der Waals surface area contributed by atoms with Gasteiger partial charge >= 0.3 is 5.97 Å². The molecule has 7 heteroatoms. The summed E-state index contributed by atoms with van der Waals surface area (Å²) in [6.45, 7) is 0.315. The second-order valence-electron chi connectivity index (χ2n) is 6.07. The number of anilines is 2. The fourth-order valence-electron chi connectivity index (χ4n) is 2.69. The van der Waals surface area contributed by atoms with E-state index in [0.29, 0.717) is 11.3 Å². The molecular formula is C21H18N2O4S. The van der Waals surface area contributed by atoms with Crippen molar-refractivity contribution in [1.29, 1.82) is 0 Å². The van der Waals surface area contributed by atoms with Crippen molar-refractivity contribution in [3.05, 3.63) is 70.7 Å². The first-order valence-corrected chi connectivity index (χ1v) is 9.54. The first kappa shape index (κ1) is 18.1. The van der Waals surface area contributed by atoms with Crippen molar-refractivity contribution in [3.8, 4) is 11.5 Å². The van der Waals surface area contributed by atoms with Gasteiger partial charge in [-0.05, 0) is 36.4 Å². The Bertz CT molecular complexity index is 1010. The Morgan fingerprint density at radius 2 is 2.04 bits per heavy atom. The number of aromatic nitrogens is 1. The highest BCUT2D eigenvalue weighted by atomic mass is 32.1. The fourth-order valence-corrected chi connectivity index (χ4v) is 3.41. The van der Waals surface area contributed by atoms with E-state index in [1.807, 2.05) is 53.9 Å². The number of nitrogens with zero attached hydrogens (tertiary/aromatic N) is 1. The quantitative estimate of drug-likeness (QED) is 0.625. The standard InChI is InChI=1S/C21H18N2O4S/c1-25-18-8-6-16(7-9-18)22-21-23-17(13-28-21)12-27-20(24)15-10-14-4-2-3-5-19(14)26-11-15/h2-10,13H,11-12H2,1H3,(H,22,23). The van der Waals surface area contributed by atoms with Gasteiger partial charge in [0.1, 0.15) is 24.7 Å². The maximum Gasteiger partial charge on any atom is 0.337 e. The smallest absolute Gasteiger partial charge is 0.337 e. The van der Waals surface area contributed by atoms with Crippen LogP contribution < -0.4 is 14.8 Å². The van der Waals surface area contributed by atoms with Crippen LogP contribution in [0.3, 0.4) is 0 Å². The maximum atomic E-state index is 12.3. The van der Waals surface area contributed by atoms with Crippen LogP contribution in [-0.2, 0) is 16.1 Å². The monoisotopic (exact) mass is 394 g/mol. The summed E-state index contributed by atoms with van der Waals surface area (Å²) >= 11 is 1.45. The van der Waals surface area contributed by atoms with E-state index in [2.05, 4.69) is 10.3 Å². The summed E-state index contributed by atoms with van der Waals surface area (Å²) in [5, 5.41) is 5.81. The highest BCUT2D eigenvalue weighted by Crippen LogP contribution is 2.27. The summed E-state index contributed by atoms with van der Waals surface area (Å²) in [7, 11) is 1.63. The van der Waals surface area contributed by atoms with Crippen molar-refractivity contribution in [1.82, 2.24) is 4.98 Å².